The number of imidazole rings is 1. The molecule has 2 heterocycles. The maximum Gasteiger partial charge on any atom is 0.270 e. The Balaban J connectivity index is 1.87. The highest BCUT2D eigenvalue weighted by molar-refractivity contribution is 5.94. The molecule has 0 fully saturated rings. The summed E-state index contributed by atoms with van der Waals surface area (Å²) in [5.74, 6) is 0.0410. The molecule has 0 spiro atoms. The summed E-state index contributed by atoms with van der Waals surface area (Å²) in [6.45, 7) is 4.44. The molecule has 6 heteroatoms. The SMILES string of the molecule is CCOc1cccn2c(C(=O)NCc3cccc(F)c3)c(C)nc12. The third kappa shape index (κ3) is 3.08. The molecule has 0 atom stereocenters. The maximum atomic E-state index is 13.2. The lowest BCUT2D eigenvalue weighted by atomic mass is 10.2. The maximum absolute atomic E-state index is 13.2. The number of nitrogens with zero attached hydrogens (tertiary/aromatic N) is 2. The molecule has 0 saturated heterocycles. The number of hydrogen-bond donors (Lipinski definition) is 1. The van der Waals surface area contributed by atoms with Gasteiger partial charge in [0.2, 0.25) is 0 Å². The van der Waals surface area contributed by atoms with E-state index in [2.05, 4.69) is 10.3 Å². The molecular formula is C18H18FN3O2. The largest absolute Gasteiger partial charge is 0.490 e. The minimum atomic E-state index is -0.325. The van der Waals surface area contributed by atoms with Crippen molar-refractivity contribution in [2.24, 2.45) is 0 Å². The Morgan fingerprint density at radius 3 is 2.92 bits per heavy atom. The zero-order chi connectivity index (χ0) is 17.1. The average molecular weight is 327 g/mol. The van der Waals surface area contributed by atoms with Crippen molar-refractivity contribution in [3.05, 3.63) is 65.4 Å². The topological polar surface area (TPSA) is 55.6 Å². The summed E-state index contributed by atoms with van der Waals surface area (Å²) in [7, 11) is 0. The Morgan fingerprint density at radius 2 is 2.17 bits per heavy atom. The molecule has 0 unspecified atom stereocenters. The fourth-order valence-electron chi connectivity index (χ4n) is 2.61. The van der Waals surface area contributed by atoms with Crippen molar-refractivity contribution in [3.63, 3.8) is 0 Å². The number of benzene rings is 1. The number of pyridine rings is 1. The molecule has 24 heavy (non-hydrogen) atoms. The molecule has 1 amide bonds. The van der Waals surface area contributed by atoms with Gasteiger partial charge in [-0.05, 0) is 43.7 Å². The van der Waals surface area contributed by atoms with Crippen LogP contribution in [0.4, 0.5) is 4.39 Å². The minimum Gasteiger partial charge on any atom is -0.490 e. The van der Waals surface area contributed by atoms with E-state index >= 15 is 0 Å². The van der Waals surface area contributed by atoms with Crippen LogP contribution in [0.1, 0.15) is 28.7 Å². The lowest BCUT2D eigenvalue weighted by molar-refractivity contribution is 0.0944. The summed E-state index contributed by atoms with van der Waals surface area (Å²) in [4.78, 5) is 17.0. The van der Waals surface area contributed by atoms with E-state index in [0.717, 1.165) is 0 Å². The first kappa shape index (κ1) is 16.0. The minimum absolute atomic E-state index is 0.244. The molecule has 0 saturated carbocycles. The van der Waals surface area contributed by atoms with Gasteiger partial charge >= 0.3 is 0 Å². The van der Waals surface area contributed by atoms with E-state index in [4.69, 9.17) is 4.74 Å². The van der Waals surface area contributed by atoms with Crippen LogP contribution in [0.5, 0.6) is 5.75 Å². The summed E-state index contributed by atoms with van der Waals surface area (Å²) < 4.78 is 20.5. The summed E-state index contributed by atoms with van der Waals surface area (Å²) in [6.07, 6.45) is 1.77. The third-order valence-electron chi connectivity index (χ3n) is 3.65. The van der Waals surface area contributed by atoms with Crippen LogP contribution in [0.25, 0.3) is 5.65 Å². The van der Waals surface area contributed by atoms with Crippen molar-refractivity contribution in [3.8, 4) is 5.75 Å². The lowest BCUT2D eigenvalue weighted by Crippen LogP contribution is -2.25. The number of carbonyl (C=O) groups is 1. The van der Waals surface area contributed by atoms with E-state index in [1.54, 1.807) is 29.7 Å². The van der Waals surface area contributed by atoms with E-state index in [1.807, 2.05) is 19.1 Å². The quantitative estimate of drug-likeness (QED) is 0.783. The Kier molecular flexibility index (Phi) is 4.46. The third-order valence-corrected chi connectivity index (χ3v) is 3.65. The van der Waals surface area contributed by atoms with Crippen LogP contribution < -0.4 is 10.1 Å². The fourth-order valence-corrected chi connectivity index (χ4v) is 2.61. The van der Waals surface area contributed by atoms with Gasteiger partial charge in [0.05, 0.1) is 12.3 Å². The predicted octanol–water partition coefficient (Wildman–Crippen LogP) is 3.11. The van der Waals surface area contributed by atoms with Crippen LogP contribution >= 0.6 is 0 Å². The lowest BCUT2D eigenvalue weighted by Gasteiger charge is -2.08. The molecule has 1 aromatic carbocycles. The number of amides is 1. The number of nitrogens with one attached hydrogen (secondary N) is 1. The molecular weight excluding hydrogens is 309 g/mol. The van der Waals surface area contributed by atoms with E-state index < -0.39 is 0 Å². The number of rotatable bonds is 5. The fraction of sp³-hybridized carbons (Fsp3) is 0.222. The van der Waals surface area contributed by atoms with Gasteiger partial charge in [0.1, 0.15) is 11.5 Å². The van der Waals surface area contributed by atoms with E-state index in [0.29, 0.717) is 35.0 Å². The van der Waals surface area contributed by atoms with Crippen molar-refractivity contribution in [2.45, 2.75) is 20.4 Å². The van der Waals surface area contributed by atoms with Gasteiger partial charge in [-0.3, -0.25) is 9.20 Å². The Bertz CT molecular complexity index is 889. The van der Waals surface area contributed by atoms with Gasteiger partial charge in [-0.1, -0.05) is 12.1 Å². The van der Waals surface area contributed by atoms with Crippen LogP contribution in [0.2, 0.25) is 0 Å². The molecule has 3 rings (SSSR count). The smallest absolute Gasteiger partial charge is 0.270 e. The number of hydrogen-bond acceptors (Lipinski definition) is 3. The van der Waals surface area contributed by atoms with Gasteiger partial charge in [0.25, 0.3) is 5.91 Å². The summed E-state index contributed by atoms with van der Waals surface area (Å²) in [6, 6.07) is 9.77. The van der Waals surface area contributed by atoms with Crippen molar-refractivity contribution >= 4 is 11.6 Å². The van der Waals surface area contributed by atoms with Gasteiger partial charge in [0, 0.05) is 12.7 Å². The monoisotopic (exact) mass is 327 g/mol. The number of ether oxygens (including phenoxy) is 1. The molecule has 2 aromatic heterocycles. The summed E-state index contributed by atoms with van der Waals surface area (Å²) in [5.41, 5.74) is 2.36. The molecule has 0 radical (unpaired) electrons. The molecule has 0 aliphatic heterocycles. The van der Waals surface area contributed by atoms with Crippen LogP contribution in [-0.4, -0.2) is 21.9 Å². The average Bonchev–Trinajstić information content (AvgIpc) is 2.90. The van der Waals surface area contributed by atoms with Gasteiger partial charge < -0.3 is 10.1 Å². The highest BCUT2D eigenvalue weighted by atomic mass is 19.1. The number of fused-ring (bicyclic) bond motifs is 1. The molecule has 5 nitrogen and oxygen atoms in total. The second-order valence-electron chi connectivity index (χ2n) is 5.36. The number of halogens is 1. The number of aromatic nitrogens is 2. The standard InChI is InChI=1S/C18H18FN3O2/c1-3-24-15-8-5-9-22-16(12(2)21-17(15)22)18(23)20-11-13-6-4-7-14(19)10-13/h4-10H,3,11H2,1-2H3,(H,20,23). The van der Waals surface area contributed by atoms with E-state index in [1.165, 1.54) is 12.1 Å². The Morgan fingerprint density at radius 1 is 1.33 bits per heavy atom. The van der Waals surface area contributed by atoms with Crippen molar-refractivity contribution < 1.29 is 13.9 Å². The first-order valence-electron chi connectivity index (χ1n) is 7.73. The molecule has 0 aliphatic carbocycles. The molecule has 0 aliphatic rings. The zero-order valence-corrected chi connectivity index (χ0v) is 13.5. The van der Waals surface area contributed by atoms with Crippen LogP contribution in [0.15, 0.2) is 42.6 Å². The Labute approximate surface area is 139 Å². The molecule has 3 aromatic rings. The van der Waals surface area contributed by atoms with Gasteiger partial charge in [0.15, 0.2) is 11.4 Å². The van der Waals surface area contributed by atoms with Crippen LogP contribution in [0.3, 0.4) is 0 Å². The second-order valence-corrected chi connectivity index (χ2v) is 5.36. The van der Waals surface area contributed by atoms with Crippen LogP contribution in [0, 0.1) is 12.7 Å². The highest BCUT2D eigenvalue weighted by Gasteiger charge is 2.18. The Hall–Kier alpha value is -2.89. The first-order chi connectivity index (χ1) is 11.6. The van der Waals surface area contributed by atoms with Gasteiger partial charge in [-0.25, -0.2) is 9.37 Å². The molecule has 1 N–H and O–H groups in total. The summed E-state index contributed by atoms with van der Waals surface area (Å²) >= 11 is 0. The van der Waals surface area contributed by atoms with Gasteiger partial charge in [-0.15, -0.1) is 0 Å². The summed E-state index contributed by atoms with van der Waals surface area (Å²) in [5, 5.41) is 2.81. The number of carbonyl (C=O) groups excluding carboxylic acids is 1. The van der Waals surface area contributed by atoms with Crippen molar-refractivity contribution in [2.75, 3.05) is 6.61 Å². The first-order valence-corrected chi connectivity index (χ1v) is 7.73. The van der Waals surface area contributed by atoms with Crippen molar-refractivity contribution in [1.29, 1.82) is 0 Å². The molecule has 0 bridgehead atoms. The predicted molar refractivity (Wildman–Crippen MR) is 88.7 cm³/mol. The van der Waals surface area contributed by atoms with Crippen LogP contribution in [-0.2, 0) is 6.54 Å². The number of aryl methyl sites for hydroxylation is 1. The van der Waals surface area contributed by atoms with E-state index in [9.17, 15) is 9.18 Å². The zero-order valence-electron chi connectivity index (χ0n) is 13.5. The van der Waals surface area contributed by atoms with Crippen molar-refractivity contribution in [1.82, 2.24) is 14.7 Å². The molecule has 124 valence electrons. The second kappa shape index (κ2) is 6.70. The van der Waals surface area contributed by atoms with E-state index in [-0.39, 0.29) is 18.3 Å². The van der Waals surface area contributed by atoms with Gasteiger partial charge in [-0.2, -0.15) is 0 Å². The normalized spacial score (nSPS) is 10.8. The highest BCUT2D eigenvalue weighted by Crippen LogP contribution is 2.22.